The van der Waals surface area contributed by atoms with Crippen molar-refractivity contribution in [2.24, 2.45) is 11.7 Å². The molecule has 0 aliphatic heterocycles. The molecule has 1 unspecified atom stereocenters. The molecule has 1 aromatic rings. The van der Waals surface area contributed by atoms with Crippen molar-refractivity contribution in [1.82, 2.24) is 5.32 Å². The second kappa shape index (κ2) is 6.76. The molecule has 0 fully saturated rings. The molecule has 0 aliphatic rings. The fourth-order valence-corrected chi connectivity index (χ4v) is 1.86. The van der Waals surface area contributed by atoms with Gasteiger partial charge in [-0.1, -0.05) is 32.9 Å². The summed E-state index contributed by atoms with van der Waals surface area (Å²) in [6.45, 7) is 9.26. The maximum absolute atomic E-state index is 5.61. The molecule has 102 valence electrons. The predicted octanol–water partition coefficient (Wildman–Crippen LogP) is 2.16. The molecule has 0 radical (unpaired) electrons. The van der Waals surface area contributed by atoms with E-state index in [2.05, 4.69) is 38.2 Å². The van der Waals surface area contributed by atoms with E-state index in [9.17, 15) is 0 Å². The standard InChI is InChI=1S/C15H26N2O/c1-12(9-16)10-17-11-15(2,3)13-6-5-7-14(8-13)18-4/h5-8,12,17H,9-11,16H2,1-4H3. The van der Waals surface area contributed by atoms with E-state index in [1.807, 2.05) is 12.1 Å². The van der Waals surface area contributed by atoms with Gasteiger partial charge in [-0.3, -0.25) is 0 Å². The summed E-state index contributed by atoms with van der Waals surface area (Å²) < 4.78 is 5.27. The lowest BCUT2D eigenvalue weighted by atomic mass is 9.84. The Morgan fingerprint density at radius 1 is 1.39 bits per heavy atom. The fraction of sp³-hybridized carbons (Fsp3) is 0.600. The Balaban J connectivity index is 2.61. The SMILES string of the molecule is COc1cccc(C(C)(C)CNCC(C)CN)c1. The van der Waals surface area contributed by atoms with Gasteiger partial charge in [-0.25, -0.2) is 0 Å². The fourth-order valence-electron chi connectivity index (χ4n) is 1.86. The molecule has 0 spiro atoms. The van der Waals surface area contributed by atoms with Crippen LogP contribution in [0.3, 0.4) is 0 Å². The van der Waals surface area contributed by atoms with Crippen molar-refractivity contribution in [3.63, 3.8) is 0 Å². The summed E-state index contributed by atoms with van der Waals surface area (Å²) in [6, 6.07) is 8.27. The maximum atomic E-state index is 5.61. The van der Waals surface area contributed by atoms with E-state index in [-0.39, 0.29) is 5.41 Å². The topological polar surface area (TPSA) is 47.3 Å². The van der Waals surface area contributed by atoms with Gasteiger partial charge in [-0.15, -0.1) is 0 Å². The van der Waals surface area contributed by atoms with Crippen molar-refractivity contribution in [2.45, 2.75) is 26.2 Å². The van der Waals surface area contributed by atoms with Gasteiger partial charge in [0, 0.05) is 12.0 Å². The van der Waals surface area contributed by atoms with E-state index in [0.717, 1.165) is 25.4 Å². The Bertz CT molecular complexity index is 363. The summed E-state index contributed by atoms with van der Waals surface area (Å²) in [4.78, 5) is 0. The average molecular weight is 250 g/mol. The summed E-state index contributed by atoms with van der Waals surface area (Å²) >= 11 is 0. The van der Waals surface area contributed by atoms with Crippen molar-refractivity contribution in [3.8, 4) is 5.75 Å². The van der Waals surface area contributed by atoms with Gasteiger partial charge in [-0.05, 0) is 36.7 Å². The summed E-state index contributed by atoms with van der Waals surface area (Å²) in [5.41, 5.74) is 6.99. The van der Waals surface area contributed by atoms with Crippen molar-refractivity contribution in [1.29, 1.82) is 0 Å². The van der Waals surface area contributed by atoms with Gasteiger partial charge in [0.2, 0.25) is 0 Å². The molecule has 18 heavy (non-hydrogen) atoms. The monoisotopic (exact) mass is 250 g/mol. The number of hydrogen-bond donors (Lipinski definition) is 2. The number of methoxy groups -OCH3 is 1. The van der Waals surface area contributed by atoms with Crippen molar-refractivity contribution < 1.29 is 4.74 Å². The molecule has 0 heterocycles. The van der Waals surface area contributed by atoms with Crippen LogP contribution in [-0.4, -0.2) is 26.7 Å². The summed E-state index contributed by atoms with van der Waals surface area (Å²) in [5.74, 6) is 1.43. The first-order valence-corrected chi connectivity index (χ1v) is 6.55. The number of benzene rings is 1. The number of nitrogens with one attached hydrogen (secondary N) is 1. The van der Waals surface area contributed by atoms with Crippen LogP contribution in [0.15, 0.2) is 24.3 Å². The zero-order chi connectivity index (χ0) is 13.6. The summed E-state index contributed by atoms with van der Waals surface area (Å²) in [5, 5.41) is 3.49. The first-order valence-electron chi connectivity index (χ1n) is 6.55. The highest BCUT2D eigenvalue weighted by Crippen LogP contribution is 2.25. The third kappa shape index (κ3) is 4.31. The van der Waals surface area contributed by atoms with E-state index < -0.39 is 0 Å². The molecule has 0 amide bonds. The minimum Gasteiger partial charge on any atom is -0.497 e. The van der Waals surface area contributed by atoms with E-state index in [1.54, 1.807) is 7.11 Å². The van der Waals surface area contributed by atoms with Gasteiger partial charge >= 0.3 is 0 Å². The Kier molecular flexibility index (Phi) is 5.63. The van der Waals surface area contributed by atoms with Crippen LogP contribution in [0.4, 0.5) is 0 Å². The van der Waals surface area contributed by atoms with Crippen LogP contribution >= 0.6 is 0 Å². The van der Waals surface area contributed by atoms with Gasteiger partial charge in [0.15, 0.2) is 0 Å². The minimum absolute atomic E-state index is 0.0862. The molecule has 0 aliphatic carbocycles. The molecule has 0 aromatic heterocycles. The highest BCUT2D eigenvalue weighted by atomic mass is 16.5. The van der Waals surface area contributed by atoms with Crippen molar-refractivity contribution >= 4 is 0 Å². The lowest BCUT2D eigenvalue weighted by molar-refractivity contribution is 0.407. The molecule has 1 atom stereocenters. The molecule has 3 N–H and O–H groups in total. The van der Waals surface area contributed by atoms with Crippen molar-refractivity contribution in [3.05, 3.63) is 29.8 Å². The Morgan fingerprint density at radius 3 is 2.72 bits per heavy atom. The maximum Gasteiger partial charge on any atom is 0.119 e. The summed E-state index contributed by atoms with van der Waals surface area (Å²) in [7, 11) is 1.70. The molecule has 0 saturated carbocycles. The molecule has 0 bridgehead atoms. The highest BCUT2D eigenvalue weighted by molar-refractivity contribution is 5.33. The lowest BCUT2D eigenvalue weighted by Crippen LogP contribution is -2.36. The number of hydrogen-bond acceptors (Lipinski definition) is 3. The van der Waals surface area contributed by atoms with Crippen LogP contribution in [0.5, 0.6) is 5.75 Å². The molecular weight excluding hydrogens is 224 g/mol. The summed E-state index contributed by atoms with van der Waals surface area (Å²) in [6.07, 6.45) is 0. The normalized spacial score (nSPS) is 13.4. The quantitative estimate of drug-likeness (QED) is 0.779. The van der Waals surface area contributed by atoms with E-state index in [0.29, 0.717) is 5.92 Å². The van der Waals surface area contributed by atoms with Crippen LogP contribution in [0.2, 0.25) is 0 Å². The Labute approximate surface area is 111 Å². The van der Waals surface area contributed by atoms with Gasteiger partial charge in [0.1, 0.15) is 5.75 Å². The minimum atomic E-state index is 0.0862. The molecule has 0 saturated heterocycles. The average Bonchev–Trinajstić information content (AvgIpc) is 2.38. The number of nitrogens with two attached hydrogens (primary N) is 1. The Hall–Kier alpha value is -1.06. The van der Waals surface area contributed by atoms with Gasteiger partial charge in [0.25, 0.3) is 0 Å². The first kappa shape index (κ1) is 15.0. The number of ether oxygens (including phenoxy) is 1. The van der Waals surface area contributed by atoms with Gasteiger partial charge in [-0.2, -0.15) is 0 Å². The smallest absolute Gasteiger partial charge is 0.119 e. The van der Waals surface area contributed by atoms with E-state index >= 15 is 0 Å². The van der Waals surface area contributed by atoms with Crippen LogP contribution in [0.1, 0.15) is 26.3 Å². The largest absolute Gasteiger partial charge is 0.497 e. The molecular formula is C15H26N2O. The third-order valence-corrected chi connectivity index (χ3v) is 3.31. The van der Waals surface area contributed by atoms with Crippen molar-refractivity contribution in [2.75, 3.05) is 26.7 Å². The lowest BCUT2D eigenvalue weighted by Gasteiger charge is -2.27. The van der Waals surface area contributed by atoms with Gasteiger partial charge < -0.3 is 15.8 Å². The van der Waals surface area contributed by atoms with E-state index in [4.69, 9.17) is 10.5 Å². The van der Waals surface area contributed by atoms with Crippen LogP contribution in [0.25, 0.3) is 0 Å². The zero-order valence-electron chi connectivity index (χ0n) is 12.0. The van der Waals surface area contributed by atoms with Crippen LogP contribution < -0.4 is 15.8 Å². The zero-order valence-corrected chi connectivity index (χ0v) is 12.0. The second-order valence-corrected chi connectivity index (χ2v) is 5.59. The second-order valence-electron chi connectivity index (χ2n) is 5.59. The molecule has 1 rings (SSSR count). The highest BCUT2D eigenvalue weighted by Gasteiger charge is 2.20. The first-order chi connectivity index (χ1) is 8.49. The predicted molar refractivity (Wildman–Crippen MR) is 77.1 cm³/mol. The number of rotatable bonds is 7. The van der Waals surface area contributed by atoms with E-state index in [1.165, 1.54) is 5.56 Å². The molecule has 3 heteroatoms. The van der Waals surface area contributed by atoms with Crippen LogP contribution in [0, 0.1) is 5.92 Å². The molecule has 1 aromatic carbocycles. The Morgan fingerprint density at radius 2 is 2.11 bits per heavy atom. The van der Waals surface area contributed by atoms with Gasteiger partial charge in [0.05, 0.1) is 7.11 Å². The molecule has 3 nitrogen and oxygen atoms in total. The third-order valence-electron chi connectivity index (χ3n) is 3.31. The van der Waals surface area contributed by atoms with Crippen LogP contribution in [-0.2, 0) is 5.41 Å².